The number of halogens is 1. The molecule has 0 aromatic carbocycles. The van der Waals surface area contributed by atoms with Crippen LogP contribution >= 0.6 is 11.6 Å². The van der Waals surface area contributed by atoms with Crippen molar-refractivity contribution in [2.24, 2.45) is 0 Å². The summed E-state index contributed by atoms with van der Waals surface area (Å²) < 4.78 is 1.74. The van der Waals surface area contributed by atoms with Gasteiger partial charge in [0.1, 0.15) is 6.33 Å². The molecule has 2 aromatic heterocycles. The van der Waals surface area contributed by atoms with Crippen LogP contribution in [0.3, 0.4) is 0 Å². The molecular weight excluding hydrogens is 276 g/mol. The van der Waals surface area contributed by atoms with Crippen LogP contribution in [0.5, 0.6) is 0 Å². The summed E-state index contributed by atoms with van der Waals surface area (Å²) in [6.07, 6.45) is 9.96. The molecule has 1 unspecified atom stereocenters. The first-order chi connectivity index (χ1) is 9.74. The van der Waals surface area contributed by atoms with E-state index in [4.69, 9.17) is 11.6 Å². The van der Waals surface area contributed by atoms with Gasteiger partial charge < -0.3 is 4.90 Å². The third-order valence-corrected chi connectivity index (χ3v) is 3.80. The Bertz CT molecular complexity index is 570. The number of rotatable bonds is 2. The Labute approximate surface area is 122 Å². The molecule has 2 aromatic rings. The zero-order valence-corrected chi connectivity index (χ0v) is 12.2. The number of hydrogen-bond donors (Lipinski definition) is 0. The van der Waals surface area contributed by atoms with E-state index in [2.05, 4.69) is 31.8 Å². The lowest BCUT2D eigenvalue weighted by atomic mass is 10.1. The second-order valence-corrected chi connectivity index (χ2v) is 5.40. The molecule has 0 bridgehead atoms. The lowest BCUT2D eigenvalue weighted by Gasteiger charge is -2.27. The predicted octanol–water partition coefficient (Wildman–Crippen LogP) is 2.48. The minimum atomic E-state index is 0.218. The molecule has 1 atom stereocenters. The molecule has 1 saturated heterocycles. The Morgan fingerprint density at radius 2 is 2.00 bits per heavy atom. The second kappa shape index (κ2) is 5.75. The van der Waals surface area contributed by atoms with E-state index in [0.717, 1.165) is 19.4 Å². The molecule has 0 N–H and O–H groups in total. The maximum atomic E-state index is 6.05. The van der Waals surface area contributed by atoms with Crippen molar-refractivity contribution in [2.75, 3.05) is 11.4 Å². The fraction of sp³-hybridized carbons (Fsp3) is 0.538. The summed E-state index contributed by atoms with van der Waals surface area (Å²) in [5, 5.41) is 0.218. The van der Waals surface area contributed by atoms with Crippen LogP contribution < -0.4 is 4.90 Å². The molecule has 106 valence electrons. The minimum Gasteiger partial charge on any atom is -0.338 e. The van der Waals surface area contributed by atoms with Crippen molar-refractivity contribution in [1.29, 1.82) is 0 Å². The van der Waals surface area contributed by atoms with Crippen molar-refractivity contribution in [2.45, 2.75) is 38.6 Å². The number of aromatic nitrogens is 5. The van der Waals surface area contributed by atoms with Gasteiger partial charge in [0.15, 0.2) is 0 Å². The third kappa shape index (κ3) is 2.75. The van der Waals surface area contributed by atoms with Crippen LogP contribution in [0, 0.1) is 0 Å². The molecular formula is C13H17ClN6. The molecule has 3 rings (SSSR count). The molecule has 1 aliphatic rings. The summed E-state index contributed by atoms with van der Waals surface area (Å²) in [5.74, 6) is 1.16. The topological polar surface area (TPSA) is 59.7 Å². The normalized spacial score (nSPS) is 19.9. The van der Waals surface area contributed by atoms with E-state index in [1.165, 1.54) is 12.8 Å². The van der Waals surface area contributed by atoms with E-state index >= 15 is 0 Å². The van der Waals surface area contributed by atoms with Crippen molar-refractivity contribution in [3.63, 3.8) is 0 Å². The van der Waals surface area contributed by atoms with Crippen molar-refractivity contribution in [3.8, 4) is 5.95 Å². The Balaban J connectivity index is 1.96. The van der Waals surface area contributed by atoms with Gasteiger partial charge >= 0.3 is 0 Å². The van der Waals surface area contributed by atoms with Gasteiger partial charge in [-0.1, -0.05) is 12.8 Å². The Morgan fingerprint density at radius 3 is 2.80 bits per heavy atom. The molecule has 6 nitrogen and oxygen atoms in total. The van der Waals surface area contributed by atoms with Gasteiger partial charge in [0, 0.05) is 25.0 Å². The number of anilines is 1. The van der Waals surface area contributed by atoms with E-state index in [1.54, 1.807) is 23.3 Å². The highest BCUT2D eigenvalue weighted by Crippen LogP contribution is 2.22. The number of imidazole rings is 1. The van der Waals surface area contributed by atoms with Crippen LogP contribution in [-0.2, 0) is 0 Å². The molecule has 0 radical (unpaired) electrons. The summed E-state index contributed by atoms with van der Waals surface area (Å²) in [5.41, 5.74) is 0. The van der Waals surface area contributed by atoms with Crippen LogP contribution in [0.25, 0.3) is 5.95 Å². The lowest BCUT2D eigenvalue weighted by molar-refractivity contribution is 0.602. The molecule has 0 saturated carbocycles. The quantitative estimate of drug-likeness (QED) is 0.851. The monoisotopic (exact) mass is 292 g/mol. The van der Waals surface area contributed by atoms with Gasteiger partial charge in [0.05, 0.1) is 0 Å². The van der Waals surface area contributed by atoms with E-state index < -0.39 is 0 Å². The largest absolute Gasteiger partial charge is 0.338 e. The van der Waals surface area contributed by atoms with E-state index in [0.29, 0.717) is 17.9 Å². The maximum absolute atomic E-state index is 6.05. The predicted molar refractivity (Wildman–Crippen MR) is 77.2 cm³/mol. The summed E-state index contributed by atoms with van der Waals surface area (Å²) in [4.78, 5) is 19.2. The molecule has 0 aliphatic carbocycles. The van der Waals surface area contributed by atoms with E-state index in [-0.39, 0.29) is 5.28 Å². The van der Waals surface area contributed by atoms with Gasteiger partial charge in [0.2, 0.25) is 17.2 Å². The van der Waals surface area contributed by atoms with E-state index in [1.807, 2.05) is 0 Å². The molecule has 3 heterocycles. The average Bonchev–Trinajstić information content (AvgIpc) is 2.88. The first kappa shape index (κ1) is 13.3. The van der Waals surface area contributed by atoms with Gasteiger partial charge in [-0.05, 0) is 31.4 Å². The summed E-state index contributed by atoms with van der Waals surface area (Å²) >= 11 is 6.05. The van der Waals surface area contributed by atoms with E-state index in [9.17, 15) is 0 Å². The van der Waals surface area contributed by atoms with Gasteiger partial charge in [-0.25, -0.2) is 4.98 Å². The third-order valence-electron chi connectivity index (χ3n) is 3.63. The van der Waals surface area contributed by atoms with Crippen LogP contribution in [0.2, 0.25) is 5.28 Å². The fourth-order valence-electron chi connectivity index (χ4n) is 2.52. The lowest BCUT2D eigenvalue weighted by Crippen LogP contribution is -2.34. The highest BCUT2D eigenvalue weighted by Gasteiger charge is 2.21. The fourth-order valence-corrected chi connectivity index (χ4v) is 2.67. The average molecular weight is 293 g/mol. The molecule has 1 fully saturated rings. The highest BCUT2D eigenvalue weighted by atomic mass is 35.5. The van der Waals surface area contributed by atoms with Crippen molar-refractivity contribution < 1.29 is 0 Å². The standard InChI is InChI=1S/C13H17ClN6/c1-10-5-3-2-4-7-20(10)13-17-11(14)16-12(18-13)19-8-6-15-9-19/h6,8-10H,2-5,7H2,1H3. The van der Waals surface area contributed by atoms with Crippen molar-refractivity contribution >= 4 is 17.5 Å². The molecule has 0 amide bonds. The summed E-state index contributed by atoms with van der Waals surface area (Å²) in [6, 6.07) is 0.423. The molecule has 0 spiro atoms. The molecule has 7 heteroatoms. The SMILES string of the molecule is CC1CCCCCN1c1nc(Cl)nc(-n2ccnc2)n1. The Kier molecular flexibility index (Phi) is 3.82. The van der Waals surface area contributed by atoms with Gasteiger partial charge in [-0.3, -0.25) is 4.57 Å². The zero-order valence-electron chi connectivity index (χ0n) is 11.4. The van der Waals surface area contributed by atoms with Crippen molar-refractivity contribution in [1.82, 2.24) is 24.5 Å². The van der Waals surface area contributed by atoms with Gasteiger partial charge in [-0.15, -0.1) is 0 Å². The smallest absolute Gasteiger partial charge is 0.241 e. The molecule has 20 heavy (non-hydrogen) atoms. The van der Waals surface area contributed by atoms with Crippen LogP contribution in [0.15, 0.2) is 18.7 Å². The minimum absolute atomic E-state index is 0.218. The van der Waals surface area contributed by atoms with Crippen molar-refractivity contribution in [3.05, 3.63) is 24.0 Å². The van der Waals surface area contributed by atoms with Crippen LogP contribution in [-0.4, -0.2) is 37.1 Å². The van der Waals surface area contributed by atoms with Crippen LogP contribution in [0.4, 0.5) is 5.95 Å². The number of nitrogens with zero attached hydrogens (tertiary/aromatic N) is 6. The summed E-state index contributed by atoms with van der Waals surface area (Å²) in [7, 11) is 0. The van der Waals surface area contributed by atoms with Gasteiger partial charge in [0.25, 0.3) is 0 Å². The summed E-state index contributed by atoms with van der Waals surface area (Å²) in [6.45, 7) is 3.17. The highest BCUT2D eigenvalue weighted by molar-refractivity contribution is 6.28. The Morgan fingerprint density at radius 1 is 1.15 bits per heavy atom. The van der Waals surface area contributed by atoms with Crippen LogP contribution in [0.1, 0.15) is 32.6 Å². The maximum Gasteiger partial charge on any atom is 0.241 e. The number of hydrogen-bond acceptors (Lipinski definition) is 5. The zero-order chi connectivity index (χ0) is 13.9. The first-order valence-electron chi connectivity index (χ1n) is 6.90. The Hall–Kier alpha value is -1.69. The molecule has 1 aliphatic heterocycles. The second-order valence-electron chi connectivity index (χ2n) is 5.07. The van der Waals surface area contributed by atoms with Gasteiger partial charge in [-0.2, -0.15) is 15.0 Å². The first-order valence-corrected chi connectivity index (χ1v) is 7.28.